The minimum absolute atomic E-state index is 0.0829. The third kappa shape index (κ3) is 6.60. The van der Waals surface area contributed by atoms with Crippen LogP contribution >= 0.6 is 0 Å². The Kier molecular flexibility index (Phi) is 8.44. The molecule has 4 nitrogen and oxygen atoms in total. The number of hydrogen-bond acceptors (Lipinski definition) is 2. The van der Waals surface area contributed by atoms with E-state index in [0.717, 1.165) is 12.8 Å². The van der Waals surface area contributed by atoms with Gasteiger partial charge in [-0.15, -0.1) is 0 Å². The predicted molar refractivity (Wildman–Crippen MR) is 77.0 cm³/mol. The number of nitrogens with one attached hydrogen (secondary N) is 1. The summed E-state index contributed by atoms with van der Waals surface area (Å²) in [5.41, 5.74) is -0.901. The Balaban J connectivity index is 4.05. The largest absolute Gasteiger partial charge is 0.481 e. The van der Waals surface area contributed by atoms with Crippen LogP contribution < -0.4 is 5.32 Å². The molecule has 2 N–H and O–H groups in total. The van der Waals surface area contributed by atoms with Crippen molar-refractivity contribution in [3.63, 3.8) is 0 Å². The van der Waals surface area contributed by atoms with Crippen molar-refractivity contribution in [1.82, 2.24) is 5.32 Å². The molecule has 0 aromatic rings. The molecule has 0 atom stereocenters. The van der Waals surface area contributed by atoms with Gasteiger partial charge in [0.15, 0.2) is 0 Å². The van der Waals surface area contributed by atoms with Gasteiger partial charge in [-0.2, -0.15) is 0 Å². The molecule has 0 unspecified atom stereocenters. The van der Waals surface area contributed by atoms with E-state index in [1.807, 2.05) is 13.8 Å². The number of carboxylic acid groups (broad SMARTS) is 1. The van der Waals surface area contributed by atoms with E-state index in [4.69, 9.17) is 0 Å². The first kappa shape index (κ1) is 17.9. The molecule has 0 aromatic heterocycles. The van der Waals surface area contributed by atoms with Gasteiger partial charge in [0.25, 0.3) is 0 Å². The van der Waals surface area contributed by atoms with E-state index in [9.17, 15) is 14.7 Å². The standard InChI is InChI=1S/C15H29NO3/c1-5-15(6-2,14(18)19)11-13(17)16-10-8-7-9-12(3)4/h12H,5-11H2,1-4H3,(H,16,17)(H,18,19). The maximum atomic E-state index is 11.8. The molecular weight excluding hydrogens is 242 g/mol. The number of rotatable bonds is 10. The highest BCUT2D eigenvalue weighted by Crippen LogP contribution is 2.30. The van der Waals surface area contributed by atoms with Crippen LogP contribution in [0.1, 0.15) is 66.2 Å². The van der Waals surface area contributed by atoms with E-state index in [-0.39, 0.29) is 12.3 Å². The van der Waals surface area contributed by atoms with Gasteiger partial charge in [0.05, 0.1) is 5.41 Å². The van der Waals surface area contributed by atoms with Gasteiger partial charge < -0.3 is 10.4 Å². The summed E-state index contributed by atoms with van der Waals surface area (Å²) >= 11 is 0. The Morgan fingerprint density at radius 1 is 1.16 bits per heavy atom. The fraction of sp³-hybridized carbons (Fsp3) is 0.867. The summed E-state index contributed by atoms with van der Waals surface area (Å²) in [6.07, 6.45) is 4.28. The van der Waals surface area contributed by atoms with E-state index >= 15 is 0 Å². The van der Waals surface area contributed by atoms with E-state index in [0.29, 0.717) is 25.3 Å². The molecule has 0 saturated carbocycles. The lowest BCUT2D eigenvalue weighted by molar-refractivity contribution is -0.152. The summed E-state index contributed by atoms with van der Waals surface area (Å²) in [5, 5.41) is 12.1. The molecule has 0 aromatic carbocycles. The molecule has 0 aliphatic carbocycles. The Labute approximate surface area is 117 Å². The van der Waals surface area contributed by atoms with Crippen LogP contribution in [0, 0.1) is 11.3 Å². The predicted octanol–water partition coefficient (Wildman–Crippen LogP) is 3.21. The lowest BCUT2D eigenvalue weighted by atomic mass is 9.79. The third-order valence-electron chi connectivity index (χ3n) is 3.84. The molecule has 0 bridgehead atoms. The number of hydrogen-bond donors (Lipinski definition) is 2. The van der Waals surface area contributed by atoms with Crippen molar-refractivity contribution in [3.05, 3.63) is 0 Å². The number of carbonyl (C=O) groups excluding carboxylic acids is 1. The summed E-state index contributed by atoms with van der Waals surface area (Å²) in [4.78, 5) is 23.1. The fourth-order valence-electron chi connectivity index (χ4n) is 2.15. The first-order chi connectivity index (χ1) is 8.88. The molecule has 19 heavy (non-hydrogen) atoms. The van der Waals surface area contributed by atoms with Gasteiger partial charge in [-0.25, -0.2) is 0 Å². The minimum atomic E-state index is -0.901. The lowest BCUT2D eigenvalue weighted by Gasteiger charge is -2.25. The van der Waals surface area contributed by atoms with E-state index in [2.05, 4.69) is 19.2 Å². The zero-order valence-corrected chi connectivity index (χ0v) is 12.8. The summed E-state index contributed by atoms with van der Waals surface area (Å²) in [6, 6.07) is 0. The van der Waals surface area contributed by atoms with Crippen molar-refractivity contribution < 1.29 is 14.7 Å². The third-order valence-corrected chi connectivity index (χ3v) is 3.84. The summed E-state index contributed by atoms with van der Waals surface area (Å²) in [6.45, 7) is 8.67. The van der Waals surface area contributed by atoms with Gasteiger partial charge in [0.2, 0.25) is 5.91 Å². The molecule has 0 spiro atoms. The van der Waals surface area contributed by atoms with Crippen LogP contribution in [0.15, 0.2) is 0 Å². The molecule has 1 amide bonds. The van der Waals surface area contributed by atoms with Crippen LogP contribution in [0.5, 0.6) is 0 Å². The van der Waals surface area contributed by atoms with Crippen molar-refractivity contribution in [2.75, 3.05) is 6.54 Å². The van der Waals surface area contributed by atoms with Crippen molar-refractivity contribution in [2.24, 2.45) is 11.3 Å². The Morgan fingerprint density at radius 2 is 1.74 bits per heavy atom. The monoisotopic (exact) mass is 271 g/mol. The second kappa shape index (κ2) is 8.94. The van der Waals surface area contributed by atoms with Crippen LogP contribution in [-0.2, 0) is 9.59 Å². The highest BCUT2D eigenvalue weighted by molar-refractivity contribution is 5.84. The molecule has 4 heteroatoms. The van der Waals surface area contributed by atoms with Crippen molar-refractivity contribution in [2.45, 2.75) is 66.2 Å². The molecule has 0 radical (unpaired) electrons. The van der Waals surface area contributed by atoms with Crippen LogP contribution in [0.4, 0.5) is 0 Å². The minimum Gasteiger partial charge on any atom is -0.481 e. The summed E-state index contributed by atoms with van der Waals surface area (Å²) < 4.78 is 0. The zero-order chi connectivity index (χ0) is 14.9. The number of unbranched alkanes of at least 4 members (excludes halogenated alkanes) is 1. The lowest BCUT2D eigenvalue weighted by Crippen LogP contribution is -2.37. The second-order valence-electron chi connectivity index (χ2n) is 5.71. The maximum Gasteiger partial charge on any atom is 0.310 e. The summed E-state index contributed by atoms with van der Waals surface area (Å²) in [5.74, 6) is -0.321. The van der Waals surface area contributed by atoms with Gasteiger partial charge in [0, 0.05) is 13.0 Å². The van der Waals surface area contributed by atoms with Gasteiger partial charge in [0.1, 0.15) is 0 Å². The SMILES string of the molecule is CCC(CC)(CC(=O)NCCCCC(C)C)C(=O)O. The first-order valence-electron chi connectivity index (χ1n) is 7.38. The Morgan fingerprint density at radius 3 is 2.16 bits per heavy atom. The average molecular weight is 271 g/mol. The molecule has 0 saturated heterocycles. The summed E-state index contributed by atoms with van der Waals surface area (Å²) in [7, 11) is 0. The zero-order valence-electron chi connectivity index (χ0n) is 12.8. The Hall–Kier alpha value is -1.06. The Bertz CT molecular complexity index is 283. The molecule has 0 fully saturated rings. The van der Waals surface area contributed by atoms with Gasteiger partial charge in [-0.05, 0) is 25.2 Å². The average Bonchev–Trinajstić information content (AvgIpc) is 2.34. The van der Waals surface area contributed by atoms with Crippen molar-refractivity contribution in [1.29, 1.82) is 0 Å². The molecule has 0 aliphatic rings. The normalized spacial score (nSPS) is 11.6. The molecule has 0 rings (SSSR count). The molecular formula is C15H29NO3. The topological polar surface area (TPSA) is 66.4 Å². The van der Waals surface area contributed by atoms with Gasteiger partial charge in [-0.1, -0.05) is 40.5 Å². The van der Waals surface area contributed by atoms with Crippen molar-refractivity contribution in [3.8, 4) is 0 Å². The van der Waals surface area contributed by atoms with Crippen LogP contribution in [0.2, 0.25) is 0 Å². The highest BCUT2D eigenvalue weighted by atomic mass is 16.4. The number of amides is 1. The van der Waals surface area contributed by atoms with E-state index in [1.54, 1.807) is 0 Å². The molecule has 112 valence electrons. The van der Waals surface area contributed by atoms with Crippen molar-refractivity contribution >= 4 is 11.9 Å². The molecule has 0 heterocycles. The fourth-order valence-corrected chi connectivity index (χ4v) is 2.15. The first-order valence-corrected chi connectivity index (χ1v) is 7.38. The number of carbonyl (C=O) groups is 2. The van der Waals surface area contributed by atoms with Crippen LogP contribution in [-0.4, -0.2) is 23.5 Å². The number of carboxylic acids is 1. The number of aliphatic carboxylic acids is 1. The quantitative estimate of drug-likeness (QED) is 0.600. The highest BCUT2D eigenvalue weighted by Gasteiger charge is 2.36. The second-order valence-corrected chi connectivity index (χ2v) is 5.71. The van der Waals surface area contributed by atoms with Gasteiger partial charge in [-0.3, -0.25) is 9.59 Å². The van der Waals surface area contributed by atoms with Crippen LogP contribution in [0.3, 0.4) is 0 Å². The van der Waals surface area contributed by atoms with Crippen LogP contribution in [0.25, 0.3) is 0 Å². The smallest absolute Gasteiger partial charge is 0.310 e. The van der Waals surface area contributed by atoms with Gasteiger partial charge >= 0.3 is 5.97 Å². The maximum absolute atomic E-state index is 11.8. The molecule has 0 aliphatic heterocycles. The van der Waals surface area contributed by atoms with E-state index in [1.165, 1.54) is 6.42 Å². The van der Waals surface area contributed by atoms with E-state index < -0.39 is 11.4 Å².